The first-order valence-electron chi connectivity index (χ1n) is 4.35. The molecular formula is C9H13N3O2. The van der Waals surface area contributed by atoms with E-state index in [-0.39, 0.29) is 6.42 Å². The second kappa shape index (κ2) is 5.06. The van der Waals surface area contributed by atoms with E-state index in [9.17, 15) is 4.79 Å². The molecule has 0 saturated carbocycles. The molecule has 14 heavy (non-hydrogen) atoms. The molecule has 1 aromatic rings. The summed E-state index contributed by atoms with van der Waals surface area (Å²) in [4.78, 5) is 14.2. The Morgan fingerprint density at radius 2 is 2.36 bits per heavy atom. The fourth-order valence-electron chi connectivity index (χ4n) is 0.966. The van der Waals surface area contributed by atoms with Crippen molar-refractivity contribution in [1.82, 2.24) is 4.98 Å². The number of nitrogen functional groups attached to an aromatic ring is 1. The third-order valence-corrected chi connectivity index (χ3v) is 1.66. The SMILES string of the molecule is Nc1ccc(NCCCC(=O)O)nc1. The molecule has 0 saturated heterocycles. The van der Waals surface area contributed by atoms with Crippen LogP contribution in [0.25, 0.3) is 0 Å². The lowest BCUT2D eigenvalue weighted by molar-refractivity contribution is -0.137. The Kier molecular flexibility index (Phi) is 3.72. The van der Waals surface area contributed by atoms with Crippen molar-refractivity contribution >= 4 is 17.5 Å². The van der Waals surface area contributed by atoms with Gasteiger partial charge in [-0.15, -0.1) is 0 Å². The van der Waals surface area contributed by atoms with Crippen molar-refractivity contribution in [2.24, 2.45) is 0 Å². The Hall–Kier alpha value is -1.78. The van der Waals surface area contributed by atoms with Gasteiger partial charge in [0.25, 0.3) is 0 Å². The summed E-state index contributed by atoms with van der Waals surface area (Å²) in [5.74, 6) is -0.0679. The molecule has 0 aliphatic rings. The summed E-state index contributed by atoms with van der Waals surface area (Å²) in [6.07, 6.45) is 2.31. The lowest BCUT2D eigenvalue weighted by Gasteiger charge is -2.03. The second-order valence-electron chi connectivity index (χ2n) is 2.90. The summed E-state index contributed by atoms with van der Waals surface area (Å²) in [5, 5.41) is 11.4. The maximum absolute atomic E-state index is 10.2. The number of rotatable bonds is 5. The molecular weight excluding hydrogens is 182 g/mol. The number of aromatic nitrogens is 1. The number of pyridine rings is 1. The van der Waals surface area contributed by atoms with Crippen molar-refractivity contribution in [3.8, 4) is 0 Å². The first-order chi connectivity index (χ1) is 6.68. The third-order valence-electron chi connectivity index (χ3n) is 1.66. The van der Waals surface area contributed by atoms with Crippen LogP contribution in [0.2, 0.25) is 0 Å². The van der Waals surface area contributed by atoms with Gasteiger partial charge in [-0.2, -0.15) is 0 Å². The van der Waals surface area contributed by atoms with E-state index in [0.29, 0.717) is 24.5 Å². The Bertz CT molecular complexity index is 297. The van der Waals surface area contributed by atoms with Gasteiger partial charge in [-0.05, 0) is 18.6 Å². The maximum Gasteiger partial charge on any atom is 0.303 e. The van der Waals surface area contributed by atoms with Crippen molar-refractivity contribution in [1.29, 1.82) is 0 Å². The number of carbonyl (C=O) groups is 1. The molecule has 0 aromatic carbocycles. The monoisotopic (exact) mass is 195 g/mol. The van der Waals surface area contributed by atoms with E-state index in [4.69, 9.17) is 10.8 Å². The molecule has 0 unspecified atom stereocenters. The minimum atomic E-state index is -0.780. The molecule has 1 heterocycles. The number of hydrogen-bond acceptors (Lipinski definition) is 4. The minimum Gasteiger partial charge on any atom is -0.481 e. The Balaban J connectivity index is 2.25. The summed E-state index contributed by atoms with van der Waals surface area (Å²) in [6.45, 7) is 0.600. The maximum atomic E-state index is 10.2. The van der Waals surface area contributed by atoms with Crippen LogP contribution in [0.15, 0.2) is 18.3 Å². The van der Waals surface area contributed by atoms with Crippen LogP contribution in [0.3, 0.4) is 0 Å². The predicted molar refractivity (Wildman–Crippen MR) is 54.0 cm³/mol. The van der Waals surface area contributed by atoms with E-state index in [1.54, 1.807) is 18.3 Å². The fourth-order valence-corrected chi connectivity index (χ4v) is 0.966. The molecule has 5 heteroatoms. The summed E-state index contributed by atoms with van der Waals surface area (Å²) < 4.78 is 0. The second-order valence-corrected chi connectivity index (χ2v) is 2.90. The van der Waals surface area contributed by atoms with Gasteiger partial charge >= 0.3 is 5.97 Å². The van der Waals surface area contributed by atoms with Gasteiger partial charge in [-0.25, -0.2) is 4.98 Å². The molecule has 0 fully saturated rings. The van der Waals surface area contributed by atoms with Gasteiger partial charge in [0.05, 0.1) is 11.9 Å². The lowest BCUT2D eigenvalue weighted by Crippen LogP contribution is -2.05. The van der Waals surface area contributed by atoms with Crippen LogP contribution >= 0.6 is 0 Å². The number of carboxylic acids is 1. The predicted octanol–water partition coefficient (Wildman–Crippen LogP) is 0.940. The molecule has 5 nitrogen and oxygen atoms in total. The van der Waals surface area contributed by atoms with Gasteiger partial charge in [-0.3, -0.25) is 4.79 Å². The van der Waals surface area contributed by atoms with Gasteiger partial charge in [0.15, 0.2) is 0 Å². The van der Waals surface area contributed by atoms with Crippen molar-refractivity contribution in [3.05, 3.63) is 18.3 Å². The molecule has 0 radical (unpaired) electrons. The highest BCUT2D eigenvalue weighted by molar-refractivity contribution is 5.66. The summed E-state index contributed by atoms with van der Waals surface area (Å²) >= 11 is 0. The van der Waals surface area contributed by atoms with Crippen LogP contribution in [-0.2, 0) is 4.79 Å². The molecule has 1 rings (SSSR count). The summed E-state index contributed by atoms with van der Waals surface area (Å²) in [5.41, 5.74) is 6.07. The zero-order valence-corrected chi connectivity index (χ0v) is 7.73. The molecule has 0 amide bonds. The molecule has 4 N–H and O–H groups in total. The highest BCUT2D eigenvalue weighted by Gasteiger charge is 1.96. The van der Waals surface area contributed by atoms with Crippen molar-refractivity contribution in [3.63, 3.8) is 0 Å². The van der Waals surface area contributed by atoms with Crippen LogP contribution in [0.1, 0.15) is 12.8 Å². The number of nitrogens with zero attached hydrogens (tertiary/aromatic N) is 1. The number of nitrogens with two attached hydrogens (primary N) is 1. The fraction of sp³-hybridized carbons (Fsp3) is 0.333. The van der Waals surface area contributed by atoms with E-state index < -0.39 is 5.97 Å². The van der Waals surface area contributed by atoms with Gasteiger partial charge in [0.1, 0.15) is 5.82 Å². The Labute approximate surface area is 82.0 Å². The van der Waals surface area contributed by atoms with Crippen molar-refractivity contribution in [2.75, 3.05) is 17.6 Å². The molecule has 0 bridgehead atoms. The molecule has 0 atom stereocenters. The number of nitrogens with one attached hydrogen (secondary N) is 1. The highest BCUT2D eigenvalue weighted by atomic mass is 16.4. The average Bonchev–Trinajstić information content (AvgIpc) is 2.15. The van der Waals surface area contributed by atoms with Crippen LogP contribution in [-0.4, -0.2) is 22.6 Å². The van der Waals surface area contributed by atoms with E-state index in [1.165, 1.54) is 0 Å². The Morgan fingerprint density at radius 3 is 2.93 bits per heavy atom. The van der Waals surface area contributed by atoms with Crippen molar-refractivity contribution < 1.29 is 9.90 Å². The first-order valence-corrected chi connectivity index (χ1v) is 4.35. The third kappa shape index (κ3) is 3.75. The first kappa shape index (κ1) is 10.3. The Morgan fingerprint density at radius 1 is 1.57 bits per heavy atom. The van der Waals surface area contributed by atoms with E-state index in [0.717, 1.165) is 0 Å². The quantitative estimate of drug-likeness (QED) is 0.608. The molecule has 0 aliphatic heterocycles. The summed E-state index contributed by atoms with van der Waals surface area (Å²) in [6, 6.07) is 3.50. The van der Waals surface area contributed by atoms with E-state index in [1.807, 2.05) is 0 Å². The van der Waals surface area contributed by atoms with Crippen LogP contribution in [0.4, 0.5) is 11.5 Å². The van der Waals surface area contributed by atoms with Gasteiger partial charge < -0.3 is 16.2 Å². The van der Waals surface area contributed by atoms with Crippen LogP contribution in [0.5, 0.6) is 0 Å². The topological polar surface area (TPSA) is 88.2 Å². The number of carboxylic acid groups (broad SMARTS) is 1. The zero-order valence-electron chi connectivity index (χ0n) is 7.73. The van der Waals surface area contributed by atoms with Gasteiger partial charge in [0, 0.05) is 13.0 Å². The van der Waals surface area contributed by atoms with Crippen molar-refractivity contribution in [2.45, 2.75) is 12.8 Å². The number of anilines is 2. The average molecular weight is 195 g/mol. The molecule has 1 aromatic heterocycles. The number of hydrogen-bond donors (Lipinski definition) is 3. The minimum absolute atomic E-state index is 0.169. The van der Waals surface area contributed by atoms with Gasteiger partial charge in [0.2, 0.25) is 0 Å². The standard InChI is InChI=1S/C9H13N3O2/c10-7-3-4-8(12-6-7)11-5-1-2-9(13)14/h3-4,6H,1-2,5,10H2,(H,11,12)(H,13,14). The van der Waals surface area contributed by atoms with Gasteiger partial charge in [-0.1, -0.05) is 0 Å². The lowest BCUT2D eigenvalue weighted by atomic mass is 10.3. The van der Waals surface area contributed by atoms with Crippen LogP contribution in [0, 0.1) is 0 Å². The highest BCUT2D eigenvalue weighted by Crippen LogP contribution is 2.05. The van der Waals surface area contributed by atoms with E-state index >= 15 is 0 Å². The largest absolute Gasteiger partial charge is 0.481 e. The molecule has 0 spiro atoms. The summed E-state index contributed by atoms with van der Waals surface area (Å²) in [7, 11) is 0. The van der Waals surface area contributed by atoms with E-state index in [2.05, 4.69) is 10.3 Å². The number of aliphatic carboxylic acids is 1. The van der Waals surface area contributed by atoms with Crippen LogP contribution < -0.4 is 11.1 Å². The normalized spacial score (nSPS) is 9.71. The molecule has 0 aliphatic carbocycles. The smallest absolute Gasteiger partial charge is 0.303 e. The molecule has 76 valence electrons. The zero-order chi connectivity index (χ0) is 10.4.